The zero-order valence-electron chi connectivity index (χ0n) is 16.5. The number of aryl methyl sites for hydroxylation is 1. The normalized spacial score (nSPS) is 16.6. The molecule has 1 heterocycles. The summed E-state index contributed by atoms with van der Waals surface area (Å²) in [5, 5.41) is 5.12. The molecule has 0 saturated carbocycles. The number of nitrogens with one attached hydrogen (secondary N) is 2. The third-order valence-electron chi connectivity index (χ3n) is 5.18. The number of aromatic nitrogens is 1. The van der Waals surface area contributed by atoms with E-state index in [0.717, 1.165) is 18.5 Å². The first kappa shape index (κ1) is 18.1. The molecule has 2 N–H and O–H groups in total. The molecule has 0 saturated heterocycles. The van der Waals surface area contributed by atoms with E-state index in [1.165, 1.54) is 40.6 Å². The molecule has 1 aliphatic rings. The van der Waals surface area contributed by atoms with Crippen molar-refractivity contribution in [1.29, 1.82) is 0 Å². The van der Waals surface area contributed by atoms with Gasteiger partial charge in [0.2, 0.25) is 0 Å². The second-order valence-corrected chi connectivity index (χ2v) is 13.3. The minimum Gasteiger partial charge on any atom is -0.357 e. The van der Waals surface area contributed by atoms with Crippen LogP contribution < -0.4 is 5.32 Å². The van der Waals surface area contributed by atoms with Crippen LogP contribution in [0, 0.1) is 11.5 Å². The highest BCUT2D eigenvalue weighted by atomic mass is 28.3. The van der Waals surface area contributed by atoms with Crippen molar-refractivity contribution in [2.24, 2.45) is 0 Å². The summed E-state index contributed by atoms with van der Waals surface area (Å²) >= 11 is 0. The van der Waals surface area contributed by atoms with Gasteiger partial charge >= 0.3 is 0 Å². The van der Waals surface area contributed by atoms with E-state index < -0.39 is 8.07 Å². The van der Waals surface area contributed by atoms with E-state index in [1.54, 1.807) is 0 Å². The van der Waals surface area contributed by atoms with Crippen LogP contribution in [0.2, 0.25) is 19.6 Å². The molecular formula is C24H28N2Si. The molecule has 27 heavy (non-hydrogen) atoms. The molecule has 1 aromatic heterocycles. The first-order valence-electron chi connectivity index (χ1n) is 9.94. The lowest BCUT2D eigenvalue weighted by atomic mass is 9.91. The topological polar surface area (TPSA) is 27.8 Å². The van der Waals surface area contributed by atoms with E-state index in [1.807, 2.05) is 0 Å². The molecule has 3 aromatic rings. The van der Waals surface area contributed by atoms with E-state index in [4.69, 9.17) is 0 Å². The lowest BCUT2D eigenvalue weighted by Crippen LogP contribution is -2.24. The lowest BCUT2D eigenvalue weighted by molar-refractivity contribution is 0.452. The second kappa shape index (κ2) is 7.38. The number of rotatable bonds is 3. The van der Waals surface area contributed by atoms with E-state index in [-0.39, 0.29) is 0 Å². The van der Waals surface area contributed by atoms with Crippen LogP contribution in [-0.4, -0.2) is 13.1 Å². The van der Waals surface area contributed by atoms with E-state index >= 15 is 0 Å². The molecule has 0 aliphatic heterocycles. The predicted octanol–water partition coefficient (Wildman–Crippen LogP) is 5.56. The van der Waals surface area contributed by atoms with Crippen LogP contribution in [0.15, 0.2) is 48.5 Å². The van der Waals surface area contributed by atoms with E-state index in [2.05, 4.69) is 89.9 Å². The Morgan fingerprint density at radius 1 is 1.11 bits per heavy atom. The SMILES string of the molecule is C[Si](C)(C)C#Cc1ccc2[nH]c3c(c2c1)CCC[C@H]3NCc1ccccc1. The summed E-state index contributed by atoms with van der Waals surface area (Å²) < 4.78 is 0. The highest BCUT2D eigenvalue weighted by Gasteiger charge is 2.24. The van der Waals surface area contributed by atoms with Gasteiger partial charge in [-0.25, -0.2) is 0 Å². The standard InChI is InChI=1S/C24H28N2Si/c1-27(2,3)15-14-18-12-13-22-21(16-18)20-10-7-11-23(24(20)26-22)25-17-19-8-5-4-6-9-19/h4-6,8-9,12-13,16,23,25-26H,7,10-11,17H2,1-3H3/t23-/m1/s1. The molecule has 2 nitrogen and oxygen atoms in total. The van der Waals surface area contributed by atoms with Crippen LogP contribution in [0.3, 0.4) is 0 Å². The lowest BCUT2D eigenvalue weighted by Gasteiger charge is -2.24. The summed E-state index contributed by atoms with van der Waals surface area (Å²) in [6, 6.07) is 17.7. The fraction of sp³-hybridized carbons (Fsp3) is 0.333. The highest BCUT2D eigenvalue weighted by Crippen LogP contribution is 2.35. The largest absolute Gasteiger partial charge is 0.357 e. The summed E-state index contributed by atoms with van der Waals surface area (Å²) in [7, 11) is -1.35. The number of aromatic amines is 1. The number of fused-ring (bicyclic) bond motifs is 3. The quantitative estimate of drug-likeness (QED) is 0.457. The zero-order valence-corrected chi connectivity index (χ0v) is 17.5. The van der Waals surface area contributed by atoms with Gasteiger partial charge in [-0.1, -0.05) is 55.9 Å². The first-order chi connectivity index (χ1) is 13.0. The average molecular weight is 373 g/mol. The Bertz CT molecular complexity index is 1000. The van der Waals surface area contributed by atoms with Gasteiger partial charge in [0.15, 0.2) is 0 Å². The molecule has 0 amide bonds. The maximum absolute atomic E-state index is 3.76. The summed E-state index contributed by atoms with van der Waals surface area (Å²) in [6.07, 6.45) is 3.58. The molecule has 2 aromatic carbocycles. The second-order valence-electron chi connectivity index (χ2n) is 8.59. The number of hydrogen-bond acceptors (Lipinski definition) is 1. The zero-order chi connectivity index (χ0) is 18.9. The van der Waals surface area contributed by atoms with Gasteiger partial charge in [-0.3, -0.25) is 0 Å². The van der Waals surface area contributed by atoms with Gasteiger partial charge in [0.05, 0.1) is 0 Å². The molecule has 0 unspecified atom stereocenters. The third kappa shape index (κ3) is 4.18. The Balaban J connectivity index is 1.62. The summed E-state index contributed by atoms with van der Waals surface area (Å²) in [5.74, 6) is 3.41. The maximum atomic E-state index is 3.76. The van der Waals surface area contributed by atoms with Gasteiger partial charge < -0.3 is 10.3 Å². The van der Waals surface area contributed by atoms with Crippen molar-refractivity contribution in [1.82, 2.24) is 10.3 Å². The highest BCUT2D eigenvalue weighted by molar-refractivity contribution is 6.83. The van der Waals surface area contributed by atoms with Crippen molar-refractivity contribution in [3.8, 4) is 11.5 Å². The molecule has 1 aliphatic carbocycles. The van der Waals surface area contributed by atoms with E-state index in [0.29, 0.717) is 6.04 Å². The summed E-state index contributed by atoms with van der Waals surface area (Å²) in [4.78, 5) is 3.70. The number of hydrogen-bond donors (Lipinski definition) is 2. The Kier molecular flexibility index (Phi) is 4.95. The molecule has 0 bridgehead atoms. The molecule has 0 fully saturated rings. The third-order valence-corrected chi connectivity index (χ3v) is 6.06. The Morgan fingerprint density at radius 3 is 2.70 bits per heavy atom. The number of H-pyrrole nitrogens is 1. The summed E-state index contributed by atoms with van der Waals surface area (Å²) in [6.45, 7) is 7.78. The Hall–Kier alpha value is -2.28. The first-order valence-corrected chi connectivity index (χ1v) is 13.4. The van der Waals surface area contributed by atoms with Crippen molar-refractivity contribution in [3.63, 3.8) is 0 Å². The van der Waals surface area contributed by atoms with Crippen molar-refractivity contribution < 1.29 is 0 Å². The minimum absolute atomic E-state index is 0.401. The van der Waals surface area contributed by atoms with Crippen molar-refractivity contribution in [2.75, 3.05) is 0 Å². The summed E-state index contributed by atoms with van der Waals surface area (Å²) in [5.41, 5.74) is 10.1. The molecule has 3 heteroatoms. The van der Waals surface area contributed by atoms with Crippen LogP contribution in [0.5, 0.6) is 0 Å². The van der Waals surface area contributed by atoms with Crippen molar-refractivity contribution >= 4 is 19.0 Å². The number of benzene rings is 2. The van der Waals surface area contributed by atoms with Gasteiger partial charge in [0, 0.05) is 34.7 Å². The molecule has 0 radical (unpaired) electrons. The van der Waals surface area contributed by atoms with Gasteiger partial charge in [0.25, 0.3) is 0 Å². The predicted molar refractivity (Wildman–Crippen MR) is 117 cm³/mol. The maximum Gasteiger partial charge on any atom is 0.129 e. The molecule has 4 rings (SSSR count). The van der Waals surface area contributed by atoms with Crippen LogP contribution in [0.1, 0.15) is 41.3 Å². The van der Waals surface area contributed by atoms with Crippen molar-refractivity contribution in [3.05, 3.63) is 70.9 Å². The average Bonchev–Trinajstić information content (AvgIpc) is 3.03. The van der Waals surface area contributed by atoms with Crippen molar-refractivity contribution in [2.45, 2.75) is 51.5 Å². The molecular weight excluding hydrogens is 344 g/mol. The molecule has 138 valence electrons. The van der Waals surface area contributed by atoms with E-state index in [9.17, 15) is 0 Å². The molecule has 1 atom stereocenters. The fourth-order valence-corrected chi connectivity index (χ4v) is 4.36. The smallest absolute Gasteiger partial charge is 0.129 e. The van der Waals surface area contributed by atoms with Crippen LogP contribution in [0.25, 0.3) is 10.9 Å². The fourth-order valence-electron chi connectivity index (χ4n) is 3.84. The van der Waals surface area contributed by atoms with Gasteiger partial charge in [0.1, 0.15) is 8.07 Å². The Morgan fingerprint density at radius 2 is 1.93 bits per heavy atom. The van der Waals surface area contributed by atoms with Crippen LogP contribution >= 0.6 is 0 Å². The van der Waals surface area contributed by atoms with Crippen LogP contribution in [-0.2, 0) is 13.0 Å². The van der Waals surface area contributed by atoms with Gasteiger partial charge in [-0.15, -0.1) is 5.54 Å². The monoisotopic (exact) mass is 372 g/mol. The van der Waals surface area contributed by atoms with Gasteiger partial charge in [-0.2, -0.15) is 0 Å². The molecule has 0 spiro atoms. The minimum atomic E-state index is -1.35. The van der Waals surface area contributed by atoms with Gasteiger partial charge in [-0.05, 0) is 48.6 Å². The van der Waals surface area contributed by atoms with Crippen LogP contribution in [0.4, 0.5) is 0 Å². The Labute approximate surface area is 163 Å².